The highest BCUT2D eigenvalue weighted by atomic mass is 32.2. The predicted molar refractivity (Wildman–Crippen MR) is 63.9 cm³/mol. The van der Waals surface area contributed by atoms with Crippen LogP contribution >= 0.6 is 11.8 Å². The van der Waals surface area contributed by atoms with E-state index in [9.17, 15) is 0 Å². The van der Waals surface area contributed by atoms with Crippen molar-refractivity contribution in [1.82, 2.24) is 10.6 Å². The van der Waals surface area contributed by atoms with Gasteiger partial charge in [0.25, 0.3) is 0 Å². The molecule has 0 bridgehead atoms. The Morgan fingerprint density at radius 1 is 1.36 bits per heavy atom. The smallest absolute Gasteiger partial charge is 0.0283 e. The molecule has 0 aromatic carbocycles. The van der Waals surface area contributed by atoms with Gasteiger partial charge in [-0.3, -0.25) is 0 Å². The lowest BCUT2D eigenvalue weighted by Crippen LogP contribution is -2.44. The maximum Gasteiger partial charge on any atom is 0.0283 e. The zero-order chi connectivity index (χ0) is 9.64. The lowest BCUT2D eigenvalue weighted by atomic mass is 10.2. The normalized spacial score (nSPS) is 27.9. The number of thioether (sulfide) groups is 1. The fourth-order valence-corrected chi connectivity index (χ4v) is 2.90. The summed E-state index contributed by atoms with van der Waals surface area (Å²) in [5.74, 6) is 3.67. The minimum absolute atomic E-state index is 0.717. The van der Waals surface area contributed by atoms with Crippen LogP contribution in [0.4, 0.5) is 0 Å². The van der Waals surface area contributed by atoms with Gasteiger partial charge in [0.05, 0.1) is 0 Å². The van der Waals surface area contributed by atoms with Gasteiger partial charge in [-0.1, -0.05) is 12.8 Å². The predicted octanol–water partition coefficient (Wildman–Crippen LogP) is 1.47. The molecule has 1 heterocycles. The first-order valence-electron chi connectivity index (χ1n) is 5.97. The van der Waals surface area contributed by atoms with Gasteiger partial charge >= 0.3 is 0 Å². The Morgan fingerprint density at radius 3 is 3.00 bits per heavy atom. The molecule has 2 aliphatic rings. The Morgan fingerprint density at radius 2 is 2.29 bits per heavy atom. The molecule has 2 fully saturated rings. The molecule has 0 radical (unpaired) electrons. The zero-order valence-electron chi connectivity index (χ0n) is 8.93. The second-order valence-electron chi connectivity index (χ2n) is 4.52. The van der Waals surface area contributed by atoms with E-state index in [4.69, 9.17) is 0 Å². The Hall–Kier alpha value is 0.270. The molecule has 14 heavy (non-hydrogen) atoms. The summed E-state index contributed by atoms with van der Waals surface area (Å²) in [7, 11) is 0. The van der Waals surface area contributed by atoms with E-state index in [2.05, 4.69) is 22.4 Å². The van der Waals surface area contributed by atoms with E-state index >= 15 is 0 Å². The number of rotatable bonds is 6. The summed E-state index contributed by atoms with van der Waals surface area (Å²) in [6.45, 7) is 3.58. The molecule has 3 heteroatoms. The first kappa shape index (κ1) is 10.8. The van der Waals surface area contributed by atoms with E-state index in [-0.39, 0.29) is 0 Å². The van der Waals surface area contributed by atoms with Crippen molar-refractivity contribution in [2.75, 3.05) is 31.1 Å². The number of hydrogen-bond acceptors (Lipinski definition) is 3. The van der Waals surface area contributed by atoms with Crippen LogP contribution in [0.1, 0.15) is 25.7 Å². The van der Waals surface area contributed by atoms with Gasteiger partial charge in [0.1, 0.15) is 0 Å². The zero-order valence-corrected chi connectivity index (χ0v) is 9.74. The SMILES string of the molecule is C(CNCC1CSCCN1)CC1CC1. The van der Waals surface area contributed by atoms with Crippen LogP contribution in [0.3, 0.4) is 0 Å². The summed E-state index contributed by atoms with van der Waals surface area (Å²) >= 11 is 2.08. The van der Waals surface area contributed by atoms with Crippen molar-refractivity contribution >= 4 is 11.8 Å². The molecule has 0 aromatic heterocycles. The molecular formula is C11H22N2S. The van der Waals surface area contributed by atoms with Crippen molar-refractivity contribution in [3.63, 3.8) is 0 Å². The number of hydrogen-bond donors (Lipinski definition) is 2. The first-order valence-corrected chi connectivity index (χ1v) is 7.12. The van der Waals surface area contributed by atoms with Crippen molar-refractivity contribution < 1.29 is 0 Å². The summed E-state index contributed by atoms with van der Waals surface area (Å²) in [6, 6.07) is 0.717. The molecule has 0 spiro atoms. The minimum atomic E-state index is 0.717. The average Bonchev–Trinajstić information content (AvgIpc) is 3.03. The highest BCUT2D eigenvalue weighted by molar-refractivity contribution is 7.99. The van der Waals surface area contributed by atoms with Gasteiger partial charge in [-0.05, 0) is 25.3 Å². The van der Waals surface area contributed by atoms with Crippen LogP contribution in [0.25, 0.3) is 0 Å². The van der Waals surface area contributed by atoms with Gasteiger partial charge in [0, 0.05) is 30.6 Å². The summed E-state index contributed by atoms with van der Waals surface area (Å²) in [5, 5.41) is 7.11. The second-order valence-corrected chi connectivity index (χ2v) is 5.67. The van der Waals surface area contributed by atoms with E-state index < -0.39 is 0 Å². The maximum absolute atomic E-state index is 3.56. The Balaban J connectivity index is 1.41. The van der Waals surface area contributed by atoms with Crippen LogP contribution in [0.2, 0.25) is 0 Å². The molecule has 0 amide bonds. The van der Waals surface area contributed by atoms with Crippen molar-refractivity contribution in [3.8, 4) is 0 Å². The molecule has 1 saturated heterocycles. The highest BCUT2D eigenvalue weighted by Gasteiger charge is 2.20. The third-order valence-electron chi connectivity index (χ3n) is 3.05. The molecule has 82 valence electrons. The Bertz CT molecular complexity index is 153. The van der Waals surface area contributed by atoms with E-state index in [1.165, 1.54) is 50.3 Å². The molecule has 1 aliphatic carbocycles. The van der Waals surface area contributed by atoms with Crippen molar-refractivity contribution in [2.24, 2.45) is 5.92 Å². The molecule has 2 nitrogen and oxygen atoms in total. The number of nitrogens with one attached hydrogen (secondary N) is 2. The van der Waals surface area contributed by atoms with Gasteiger partial charge in [-0.2, -0.15) is 11.8 Å². The topological polar surface area (TPSA) is 24.1 Å². The fourth-order valence-electron chi connectivity index (χ4n) is 1.95. The highest BCUT2D eigenvalue weighted by Crippen LogP contribution is 2.33. The van der Waals surface area contributed by atoms with Crippen LogP contribution < -0.4 is 10.6 Å². The van der Waals surface area contributed by atoms with Gasteiger partial charge in [0.15, 0.2) is 0 Å². The van der Waals surface area contributed by atoms with Gasteiger partial charge in [-0.25, -0.2) is 0 Å². The van der Waals surface area contributed by atoms with Crippen LogP contribution in [-0.2, 0) is 0 Å². The van der Waals surface area contributed by atoms with Crippen LogP contribution in [-0.4, -0.2) is 37.2 Å². The van der Waals surface area contributed by atoms with Crippen molar-refractivity contribution in [2.45, 2.75) is 31.7 Å². The van der Waals surface area contributed by atoms with E-state index in [0.29, 0.717) is 0 Å². The van der Waals surface area contributed by atoms with Crippen molar-refractivity contribution in [3.05, 3.63) is 0 Å². The third-order valence-corrected chi connectivity index (χ3v) is 4.18. The standard InChI is InChI=1S/C11H22N2S/c1(2-10-3-4-10)5-12-8-11-9-14-7-6-13-11/h10-13H,1-9H2. The molecular weight excluding hydrogens is 192 g/mol. The molecule has 1 atom stereocenters. The minimum Gasteiger partial charge on any atom is -0.315 e. The average molecular weight is 214 g/mol. The molecule has 1 unspecified atom stereocenters. The monoisotopic (exact) mass is 214 g/mol. The molecule has 2 rings (SSSR count). The van der Waals surface area contributed by atoms with E-state index in [1.807, 2.05) is 0 Å². The summed E-state index contributed by atoms with van der Waals surface area (Å²) in [5.41, 5.74) is 0. The summed E-state index contributed by atoms with van der Waals surface area (Å²) < 4.78 is 0. The lowest BCUT2D eigenvalue weighted by molar-refractivity contribution is 0.500. The van der Waals surface area contributed by atoms with Crippen LogP contribution in [0.15, 0.2) is 0 Å². The van der Waals surface area contributed by atoms with Crippen LogP contribution in [0, 0.1) is 5.92 Å². The van der Waals surface area contributed by atoms with Gasteiger partial charge < -0.3 is 10.6 Å². The van der Waals surface area contributed by atoms with Crippen LogP contribution in [0.5, 0.6) is 0 Å². The molecule has 1 saturated carbocycles. The molecule has 1 aliphatic heterocycles. The summed E-state index contributed by atoms with van der Waals surface area (Å²) in [4.78, 5) is 0. The Labute approximate surface area is 91.6 Å². The molecule has 2 N–H and O–H groups in total. The maximum atomic E-state index is 3.56. The van der Waals surface area contributed by atoms with Gasteiger partial charge in [0.2, 0.25) is 0 Å². The molecule has 0 aromatic rings. The fraction of sp³-hybridized carbons (Fsp3) is 1.00. The lowest BCUT2D eigenvalue weighted by Gasteiger charge is -2.23. The second kappa shape index (κ2) is 5.99. The van der Waals surface area contributed by atoms with E-state index in [0.717, 1.165) is 18.5 Å². The quantitative estimate of drug-likeness (QED) is 0.655. The van der Waals surface area contributed by atoms with Crippen molar-refractivity contribution in [1.29, 1.82) is 0 Å². The summed E-state index contributed by atoms with van der Waals surface area (Å²) in [6.07, 6.45) is 5.84. The van der Waals surface area contributed by atoms with E-state index in [1.54, 1.807) is 0 Å². The first-order chi connectivity index (χ1) is 6.95. The third kappa shape index (κ3) is 4.20. The van der Waals surface area contributed by atoms with Gasteiger partial charge in [-0.15, -0.1) is 0 Å². The Kier molecular flexibility index (Phi) is 4.61. The largest absolute Gasteiger partial charge is 0.315 e.